The Morgan fingerprint density at radius 1 is 1.35 bits per heavy atom. The molecule has 0 bridgehead atoms. The zero-order valence-electron chi connectivity index (χ0n) is 12.3. The highest BCUT2D eigenvalue weighted by atomic mass is 32.2. The van der Waals surface area contributed by atoms with E-state index in [0.29, 0.717) is 17.4 Å². The number of benzene rings is 1. The Hall–Kier alpha value is -1.40. The standard InChI is InChI=1S/C14H21N3O2S/c1-10(2)8-15-9-14-16-12-7-11(20(4,18)19)5-6-13(12)17(14)3/h5-7,10,15H,8-9H2,1-4H3. The first-order valence-corrected chi connectivity index (χ1v) is 8.54. The molecule has 0 amide bonds. The van der Waals surface area contributed by atoms with E-state index in [9.17, 15) is 8.42 Å². The number of imidazole rings is 1. The summed E-state index contributed by atoms with van der Waals surface area (Å²) < 4.78 is 25.1. The van der Waals surface area contributed by atoms with Crippen LogP contribution in [0.15, 0.2) is 23.1 Å². The van der Waals surface area contributed by atoms with Gasteiger partial charge in [-0.05, 0) is 30.7 Å². The third kappa shape index (κ3) is 3.19. The van der Waals surface area contributed by atoms with Gasteiger partial charge in [-0.2, -0.15) is 0 Å². The van der Waals surface area contributed by atoms with Crippen molar-refractivity contribution in [1.29, 1.82) is 0 Å². The Morgan fingerprint density at radius 2 is 2.05 bits per heavy atom. The van der Waals surface area contributed by atoms with Crippen LogP contribution in [0.2, 0.25) is 0 Å². The van der Waals surface area contributed by atoms with Gasteiger partial charge in [-0.25, -0.2) is 13.4 Å². The monoisotopic (exact) mass is 295 g/mol. The van der Waals surface area contributed by atoms with Crippen LogP contribution in [0, 0.1) is 5.92 Å². The fourth-order valence-corrected chi connectivity index (χ4v) is 2.73. The number of rotatable bonds is 5. The van der Waals surface area contributed by atoms with Crippen molar-refractivity contribution in [2.45, 2.75) is 25.3 Å². The molecule has 5 nitrogen and oxygen atoms in total. The highest BCUT2D eigenvalue weighted by molar-refractivity contribution is 7.90. The van der Waals surface area contributed by atoms with Crippen LogP contribution in [0.1, 0.15) is 19.7 Å². The second kappa shape index (κ2) is 5.54. The van der Waals surface area contributed by atoms with Gasteiger partial charge in [0.15, 0.2) is 9.84 Å². The van der Waals surface area contributed by atoms with Gasteiger partial charge in [0.25, 0.3) is 0 Å². The average molecular weight is 295 g/mol. The molecular weight excluding hydrogens is 274 g/mol. The molecule has 1 aromatic heterocycles. The molecule has 0 aliphatic rings. The third-order valence-electron chi connectivity index (χ3n) is 3.21. The van der Waals surface area contributed by atoms with Crippen LogP contribution in [0.4, 0.5) is 0 Å². The van der Waals surface area contributed by atoms with Crippen molar-refractivity contribution in [3.8, 4) is 0 Å². The van der Waals surface area contributed by atoms with E-state index in [-0.39, 0.29) is 0 Å². The number of aromatic nitrogens is 2. The van der Waals surface area contributed by atoms with Crippen molar-refractivity contribution in [3.05, 3.63) is 24.0 Å². The lowest BCUT2D eigenvalue weighted by Crippen LogP contribution is -2.20. The lowest BCUT2D eigenvalue weighted by atomic mass is 10.2. The van der Waals surface area contributed by atoms with Crippen molar-refractivity contribution in [2.75, 3.05) is 12.8 Å². The third-order valence-corrected chi connectivity index (χ3v) is 4.32. The number of fused-ring (bicyclic) bond motifs is 1. The summed E-state index contributed by atoms with van der Waals surface area (Å²) in [5.41, 5.74) is 1.66. The topological polar surface area (TPSA) is 64.0 Å². The molecule has 110 valence electrons. The van der Waals surface area contributed by atoms with Crippen molar-refractivity contribution >= 4 is 20.9 Å². The summed E-state index contributed by atoms with van der Waals surface area (Å²) >= 11 is 0. The smallest absolute Gasteiger partial charge is 0.175 e. The number of aryl methyl sites for hydroxylation is 1. The van der Waals surface area contributed by atoms with Crippen LogP contribution in [-0.4, -0.2) is 30.8 Å². The van der Waals surface area contributed by atoms with Gasteiger partial charge in [0.05, 0.1) is 22.5 Å². The first kappa shape index (κ1) is 15.0. The molecule has 6 heteroatoms. The summed E-state index contributed by atoms with van der Waals surface area (Å²) in [6, 6.07) is 5.08. The van der Waals surface area contributed by atoms with Gasteiger partial charge >= 0.3 is 0 Å². The van der Waals surface area contributed by atoms with E-state index in [0.717, 1.165) is 23.4 Å². The summed E-state index contributed by atoms with van der Waals surface area (Å²) in [6.45, 7) is 5.91. The van der Waals surface area contributed by atoms with E-state index in [1.165, 1.54) is 6.26 Å². The Bertz CT molecular complexity index is 717. The van der Waals surface area contributed by atoms with E-state index in [1.54, 1.807) is 12.1 Å². The molecular formula is C14H21N3O2S. The van der Waals surface area contributed by atoms with Gasteiger partial charge in [0.2, 0.25) is 0 Å². The fraction of sp³-hybridized carbons (Fsp3) is 0.500. The molecule has 0 saturated carbocycles. The Labute approximate surface area is 119 Å². The molecule has 0 aliphatic carbocycles. The quantitative estimate of drug-likeness (QED) is 0.912. The summed E-state index contributed by atoms with van der Waals surface area (Å²) in [7, 11) is -1.24. The van der Waals surface area contributed by atoms with Crippen molar-refractivity contribution < 1.29 is 8.42 Å². The molecule has 0 radical (unpaired) electrons. The van der Waals surface area contributed by atoms with Crippen LogP contribution in [-0.2, 0) is 23.4 Å². The van der Waals surface area contributed by atoms with Gasteiger partial charge in [-0.1, -0.05) is 13.8 Å². The number of hydrogen-bond donors (Lipinski definition) is 1. The zero-order chi connectivity index (χ0) is 14.9. The van der Waals surface area contributed by atoms with E-state index < -0.39 is 9.84 Å². The summed E-state index contributed by atoms with van der Waals surface area (Å²) in [4.78, 5) is 4.83. The van der Waals surface area contributed by atoms with Crippen LogP contribution >= 0.6 is 0 Å². The highest BCUT2D eigenvalue weighted by Crippen LogP contribution is 2.19. The van der Waals surface area contributed by atoms with E-state index >= 15 is 0 Å². The van der Waals surface area contributed by atoms with E-state index in [2.05, 4.69) is 24.1 Å². The predicted molar refractivity (Wildman–Crippen MR) is 80.4 cm³/mol. The second-order valence-electron chi connectivity index (χ2n) is 5.53. The molecule has 0 saturated heterocycles. The minimum Gasteiger partial charge on any atom is -0.330 e. The Kier molecular flexibility index (Phi) is 4.15. The summed E-state index contributed by atoms with van der Waals surface area (Å²) in [5, 5.41) is 3.35. The van der Waals surface area contributed by atoms with Gasteiger partial charge in [0, 0.05) is 13.3 Å². The molecule has 2 rings (SSSR count). The highest BCUT2D eigenvalue weighted by Gasteiger charge is 2.12. The van der Waals surface area contributed by atoms with Crippen LogP contribution in [0.3, 0.4) is 0 Å². The van der Waals surface area contributed by atoms with Crippen molar-refractivity contribution in [1.82, 2.24) is 14.9 Å². The first-order valence-electron chi connectivity index (χ1n) is 6.65. The molecule has 20 heavy (non-hydrogen) atoms. The van der Waals surface area contributed by atoms with Crippen molar-refractivity contribution in [3.63, 3.8) is 0 Å². The summed E-state index contributed by atoms with van der Waals surface area (Å²) in [5.74, 6) is 1.49. The van der Waals surface area contributed by atoms with E-state index in [1.807, 2.05) is 17.7 Å². The molecule has 0 aliphatic heterocycles. The molecule has 1 heterocycles. The number of sulfone groups is 1. The molecule has 0 unspecified atom stereocenters. The molecule has 1 N–H and O–H groups in total. The normalized spacial score (nSPS) is 12.4. The van der Waals surface area contributed by atoms with Crippen LogP contribution in [0.25, 0.3) is 11.0 Å². The Balaban J connectivity index is 2.32. The number of nitrogens with zero attached hydrogens (tertiary/aromatic N) is 2. The second-order valence-corrected chi connectivity index (χ2v) is 7.55. The minimum absolute atomic E-state index is 0.310. The van der Waals surface area contributed by atoms with Crippen molar-refractivity contribution in [2.24, 2.45) is 13.0 Å². The maximum Gasteiger partial charge on any atom is 0.175 e. The maximum absolute atomic E-state index is 11.6. The summed E-state index contributed by atoms with van der Waals surface area (Å²) in [6.07, 6.45) is 1.21. The average Bonchev–Trinajstić information content (AvgIpc) is 2.65. The van der Waals surface area contributed by atoms with E-state index in [4.69, 9.17) is 0 Å². The van der Waals surface area contributed by atoms with Gasteiger partial charge in [-0.15, -0.1) is 0 Å². The lowest BCUT2D eigenvalue weighted by Gasteiger charge is -2.07. The number of hydrogen-bond acceptors (Lipinski definition) is 4. The molecule has 0 spiro atoms. The van der Waals surface area contributed by atoms with Gasteiger partial charge in [0.1, 0.15) is 5.82 Å². The fourth-order valence-electron chi connectivity index (χ4n) is 2.09. The molecule has 1 aromatic carbocycles. The van der Waals surface area contributed by atoms with Gasteiger partial charge < -0.3 is 9.88 Å². The number of nitrogens with one attached hydrogen (secondary N) is 1. The zero-order valence-corrected chi connectivity index (χ0v) is 13.2. The molecule has 0 atom stereocenters. The van der Waals surface area contributed by atoms with Crippen LogP contribution < -0.4 is 5.32 Å². The predicted octanol–water partition coefficient (Wildman–Crippen LogP) is 1.72. The Morgan fingerprint density at radius 3 is 2.65 bits per heavy atom. The van der Waals surface area contributed by atoms with Crippen LogP contribution in [0.5, 0.6) is 0 Å². The lowest BCUT2D eigenvalue weighted by molar-refractivity contribution is 0.538. The molecule has 0 fully saturated rings. The largest absolute Gasteiger partial charge is 0.330 e. The SMILES string of the molecule is CC(C)CNCc1nc2cc(S(C)(=O)=O)ccc2n1C. The van der Waals surface area contributed by atoms with Gasteiger partial charge in [-0.3, -0.25) is 0 Å². The maximum atomic E-state index is 11.6. The molecule has 2 aromatic rings. The minimum atomic E-state index is -3.19. The first-order chi connectivity index (χ1) is 9.29.